The summed E-state index contributed by atoms with van der Waals surface area (Å²) in [4.78, 5) is 26.0. The minimum absolute atomic E-state index is 0.0766. The Labute approximate surface area is 148 Å². The average Bonchev–Trinajstić information content (AvgIpc) is 2.94. The van der Waals surface area contributed by atoms with Crippen molar-refractivity contribution in [2.45, 2.75) is 32.5 Å². The molecule has 0 aromatic heterocycles. The van der Waals surface area contributed by atoms with E-state index in [1.54, 1.807) is 4.90 Å². The average molecular weight is 337 g/mol. The largest absolute Gasteiger partial charge is 0.336 e. The van der Waals surface area contributed by atoms with Crippen molar-refractivity contribution in [1.29, 1.82) is 0 Å². The molecule has 0 radical (unpaired) electrons. The Morgan fingerprint density at radius 3 is 2.52 bits per heavy atom. The molecular weight excluding hydrogens is 314 g/mol. The van der Waals surface area contributed by atoms with Crippen LogP contribution < -0.4 is 10.6 Å². The molecule has 0 saturated carbocycles. The molecule has 1 aliphatic heterocycles. The van der Waals surface area contributed by atoms with Crippen molar-refractivity contribution in [1.82, 2.24) is 15.5 Å². The Morgan fingerprint density at radius 1 is 1.08 bits per heavy atom. The van der Waals surface area contributed by atoms with Gasteiger partial charge in [-0.1, -0.05) is 60.2 Å². The topological polar surface area (TPSA) is 61.4 Å². The highest BCUT2D eigenvalue weighted by molar-refractivity contribution is 5.81. The summed E-state index contributed by atoms with van der Waals surface area (Å²) in [6.07, 6.45) is 0.352. The summed E-state index contributed by atoms with van der Waals surface area (Å²) in [5.74, 6) is 0.0766. The van der Waals surface area contributed by atoms with Gasteiger partial charge in [0, 0.05) is 26.1 Å². The smallest absolute Gasteiger partial charge is 0.315 e. The van der Waals surface area contributed by atoms with E-state index in [1.807, 2.05) is 61.5 Å². The van der Waals surface area contributed by atoms with Crippen LogP contribution in [0.5, 0.6) is 0 Å². The van der Waals surface area contributed by atoms with E-state index in [0.717, 1.165) is 11.1 Å². The van der Waals surface area contributed by atoms with Gasteiger partial charge in [-0.05, 0) is 18.1 Å². The third kappa shape index (κ3) is 4.83. The Kier molecular flexibility index (Phi) is 5.33. The van der Waals surface area contributed by atoms with E-state index in [4.69, 9.17) is 0 Å². The molecule has 2 aromatic carbocycles. The van der Waals surface area contributed by atoms with Gasteiger partial charge in [0.2, 0.25) is 5.91 Å². The molecule has 1 unspecified atom stereocenters. The van der Waals surface area contributed by atoms with Crippen LogP contribution in [-0.2, 0) is 17.9 Å². The lowest BCUT2D eigenvalue weighted by Crippen LogP contribution is -2.43. The number of amides is 3. The van der Waals surface area contributed by atoms with Gasteiger partial charge >= 0.3 is 6.03 Å². The van der Waals surface area contributed by atoms with Crippen molar-refractivity contribution < 1.29 is 9.59 Å². The van der Waals surface area contributed by atoms with E-state index in [9.17, 15) is 9.59 Å². The number of hydrogen-bond donors (Lipinski definition) is 2. The van der Waals surface area contributed by atoms with Crippen molar-refractivity contribution in [3.8, 4) is 0 Å². The standard InChI is InChI=1S/C20H23N3O2/c1-15-7-9-16(10-8-15)12-21-20(25)22-18-11-19(24)23(14-18)13-17-5-3-2-4-6-17/h2-10,18H,11-14H2,1H3,(H2,21,22,25). The zero-order valence-corrected chi connectivity index (χ0v) is 14.4. The fraction of sp³-hybridized carbons (Fsp3) is 0.300. The van der Waals surface area contributed by atoms with Gasteiger partial charge in [0.15, 0.2) is 0 Å². The molecule has 0 spiro atoms. The van der Waals surface area contributed by atoms with Crippen LogP contribution in [0.25, 0.3) is 0 Å². The van der Waals surface area contributed by atoms with Crippen molar-refractivity contribution >= 4 is 11.9 Å². The minimum atomic E-state index is -0.236. The van der Waals surface area contributed by atoms with E-state index < -0.39 is 0 Å². The second-order valence-corrected chi connectivity index (χ2v) is 6.47. The van der Waals surface area contributed by atoms with Gasteiger partial charge in [-0.2, -0.15) is 0 Å². The number of urea groups is 1. The Bertz CT molecular complexity index is 728. The number of nitrogens with zero attached hydrogens (tertiary/aromatic N) is 1. The molecule has 1 aliphatic rings. The van der Waals surface area contributed by atoms with Gasteiger partial charge in [0.1, 0.15) is 0 Å². The molecule has 2 N–H and O–H groups in total. The number of rotatable bonds is 5. The lowest BCUT2D eigenvalue weighted by Gasteiger charge is -2.17. The quantitative estimate of drug-likeness (QED) is 0.881. The first-order chi connectivity index (χ1) is 12.1. The van der Waals surface area contributed by atoms with Crippen molar-refractivity contribution in [2.75, 3.05) is 6.54 Å². The summed E-state index contributed by atoms with van der Waals surface area (Å²) in [6, 6.07) is 17.5. The highest BCUT2D eigenvalue weighted by atomic mass is 16.2. The maximum atomic E-state index is 12.1. The molecule has 3 amide bonds. The number of likely N-dealkylation sites (tertiary alicyclic amines) is 1. The molecule has 1 saturated heterocycles. The van der Waals surface area contributed by atoms with E-state index in [2.05, 4.69) is 10.6 Å². The van der Waals surface area contributed by atoms with Crippen LogP contribution in [-0.4, -0.2) is 29.4 Å². The highest BCUT2D eigenvalue weighted by Gasteiger charge is 2.30. The van der Waals surface area contributed by atoms with Gasteiger partial charge in [0.05, 0.1) is 6.04 Å². The molecule has 2 aromatic rings. The number of benzene rings is 2. The van der Waals surface area contributed by atoms with Crippen LogP contribution in [0.4, 0.5) is 4.79 Å². The number of aryl methyl sites for hydroxylation is 1. The van der Waals surface area contributed by atoms with Gasteiger partial charge in [-0.25, -0.2) is 4.79 Å². The SMILES string of the molecule is Cc1ccc(CNC(=O)NC2CC(=O)N(Cc3ccccc3)C2)cc1. The van der Waals surface area contributed by atoms with Crippen molar-refractivity contribution in [2.24, 2.45) is 0 Å². The van der Waals surface area contributed by atoms with E-state index >= 15 is 0 Å². The molecule has 5 heteroatoms. The molecule has 1 fully saturated rings. The molecule has 3 rings (SSSR count). The number of carbonyl (C=O) groups excluding carboxylic acids is 2. The second kappa shape index (κ2) is 7.83. The minimum Gasteiger partial charge on any atom is -0.336 e. The fourth-order valence-corrected chi connectivity index (χ4v) is 2.95. The zero-order valence-electron chi connectivity index (χ0n) is 14.4. The summed E-state index contributed by atoms with van der Waals surface area (Å²) < 4.78 is 0. The maximum absolute atomic E-state index is 12.1. The summed E-state index contributed by atoms with van der Waals surface area (Å²) in [6.45, 7) is 3.64. The highest BCUT2D eigenvalue weighted by Crippen LogP contribution is 2.15. The lowest BCUT2D eigenvalue weighted by atomic mass is 10.1. The molecule has 5 nitrogen and oxygen atoms in total. The Morgan fingerprint density at radius 2 is 1.80 bits per heavy atom. The first kappa shape index (κ1) is 17.0. The van der Waals surface area contributed by atoms with Crippen LogP contribution in [0.3, 0.4) is 0 Å². The third-order valence-corrected chi connectivity index (χ3v) is 4.34. The van der Waals surface area contributed by atoms with E-state index in [0.29, 0.717) is 26.1 Å². The van der Waals surface area contributed by atoms with Crippen molar-refractivity contribution in [3.63, 3.8) is 0 Å². The predicted molar refractivity (Wildman–Crippen MR) is 96.8 cm³/mol. The monoisotopic (exact) mass is 337 g/mol. The van der Waals surface area contributed by atoms with Gasteiger partial charge in [-0.15, -0.1) is 0 Å². The normalized spacial score (nSPS) is 16.8. The number of nitrogens with one attached hydrogen (secondary N) is 2. The molecule has 25 heavy (non-hydrogen) atoms. The molecular formula is C20H23N3O2. The molecule has 1 heterocycles. The van der Waals surface area contributed by atoms with E-state index in [1.165, 1.54) is 5.56 Å². The molecule has 0 bridgehead atoms. The van der Waals surface area contributed by atoms with Crippen LogP contribution in [0.2, 0.25) is 0 Å². The summed E-state index contributed by atoms with van der Waals surface area (Å²) in [5, 5.41) is 5.74. The predicted octanol–water partition coefficient (Wildman–Crippen LogP) is 2.60. The molecule has 130 valence electrons. The van der Waals surface area contributed by atoms with E-state index in [-0.39, 0.29) is 18.0 Å². The van der Waals surface area contributed by atoms with Gasteiger partial charge < -0.3 is 15.5 Å². The summed E-state index contributed by atoms with van der Waals surface area (Å²) >= 11 is 0. The van der Waals surface area contributed by atoms with Gasteiger partial charge in [0.25, 0.3) is 0 Å². The summed E-state index contributed by atoms with van der Waals surface area (Å²) in [5.41, 5.74) is 3.34. The number of hydrogen-bond acceptors (Lipinski definition) is 2. The Balaban J connectivity index is 1.46. The van der Waals surface area contributed by atoms with Crippen molar-refractivity contribution in [3.05, 3.63) is 71.3 Å². The zero-order chi connectivity index (χ0) is 17.6. The molecule has 0 aliphatic carbocycles. The first-order valence-corrected chi connectivity index (χ1v) is 8.52. The van der Waals surface area contributed by atoms with Crippen LogP contribution >= 0.6 is 0 Å². The summed E-state index contributed by atoms with van der Waals surface area (Å²) in [7, 11) is 0. The van der Waals surface area contributed by atoms with Crippen LogP contribution in [0, 0.1) is 6.92 Å². The second-order valence-electron chi connectivity index (χ2n) is 6.47. The van der Waals surface area contributed by atoms with Gasteiger partial charge in [-0.3, -0.25) is 4.79 Å². The first-order valence-electron chi connectivity index (χ1n) is 8.52. The molecule has 1 atom stereocenters. The fourth-order valence-electron chi connectivity index (χ4n) is 2.95. The van der Waals surface area contributed by atoms with Crippen LogP contribution in [0.15, 0.2) is 54.6 Å². The van der Waals surface area contributed by atoms with Crippen LogP contribution in [0.1, 0.15) is 23.1 Å². The number of carbonyl (C=O) groups is 2. The third-order valence-electron chi connectivity index (χ3n) is 4.34. The maximum Gasteiger partial charge on any atom is 0.315 e. The Hall–Kier alpha value is -2.82. The lowest BCUT2D eigenvalue weighted by molar-refractivity contribution is -0.128.